The third kappa shape index (κ3) is 5.04. The van der Waals surface area contributed by atoms with Crippen molar-refractivity contribution in [2.45, 2.75) is 46.7 Å². The Hall–Kier alpha value is -0.450. The van der Waals surface area contributed by atoms with E-state index in [-0.39, 0.29) is 0 Å². The van der Waals surface area contributed by atoms with Gasteiger partial charge in [0.1, 0.15) is 0 Å². The molecule has 1 rings (SSSR count). The molecule has 4 heteroatoms. The zero-order valence-electron chi connectivity index (χ0n) is 12.4. The summed E-state index contributed by atoms with van der Waals surface area (Å²) in [6.45, 7) is 12.0. The standard InChI is InChI=1S/C14H27N3S/c1-6-13(8-15-7-11(2)3)17(5)9-14-12(4)16-10-18-14/h10-11,13,15H,6-9H2,1-5H3. The fourth-order valence-corrected chi connectivity index (χ4v) is 2.82. The van der Waals surface area contributed by atoms with Crippen molar-refractivity contribution in [3.05, 3.63) is 16.1 Å². The third-order valence-electron chi connectivity index (χ3n) is 3.27. The second-order valence-electron chi connectivity index (χ2n) is 5.39. The Morgan fingerprint density at radius 3 is 2.61 bits per heavy atom. The van der Waals surface area contributed by atoms with Gasteiger partial charge in [-0.1, -0.05) is 20.8 Å². The van der Waals surface area contributed by atoms with Crippen LogP contribution in [0.5, 0.6) is 0 Å². The molecule has 18 heavy (non-hydrogen) atoms. The molecule has 0 amide bonds. The van der Waals surface area contributed by atoms with Gasteiger partial charge >= 0.3 is 0 Å². The van der Waals surface area contributed by atoms with Crippen LogP contribution in [0.25, 0.3) is 0 Å². The summed E-state index contributed by atoms with van der Waals surface area (Å²) in [5, 5.41) is 3.56. The van der Waals surface area contributed by atoms with Crippen LogP contribution in [0.2, 0.25) is 0 Å². The lowest BCUT2D eigenvalue weighted by atomic mass is 10.1. The highest BCUT2D eigenvalue weighted by Gasteiger charge is 2.14. The first-order valence-corrected chi connectivity index (χ1v) is 7.72. The number of hydrogen-bond donors (Lipinski definition) is 1. The summed E-state index contributed by atoms with van der Waals surface area (Å²) in [5.74, 6) is 0.719. The van der Waals surface area contributed by atoms with Gasteiger partial charge in [0.25, 0.3) is 0 Å². The minimum Gasteiger partial charge on any atom is -0.315 e. The van der Waals surface area contributed by atoms with Crippen molar-refractivity contribution in [3.63, 3.8) is 0 Å². The second-order valence-corrected chi connectivity index (χ2v) is 6.33. The number of nitrogens with zero attached hydrogens (tertiary/aromatic N) is 2. The number of hydrogen-bond acceptors (Lipinski definition) is 4. The van der Waals surface area contributed by atoms with Gasteiger partial charge in [0.2, 0.25) is 0 Å². The highest BCUT2D eigenvalue weighted by molar-refractivity contribution is 7.09. The van der Waals surface area contributed by atoms with E-state index in [2.05, 4.69) is 49.9 Å². The van der Waals surface area contributed by atoms with Crippen molar-refractivity contribution in [2.24, 2.45) is 5.92 Å². The van der Waals surface area contributed by atoms with Crippen LogP contribution in [0.3, 0.4) is 0 Å². The Kier molecular flexibility index (Phi) is 6.82. The zero-order chi connectivity index (χ0) is 13.5. The second kappa shape index (κ2) is 7.87. The quantitative estimate of drug-likeness (QED) is 0.786. The summed E-state index contributed by atoms with van der Waals surface area (Å²) in [6, 6.07) is 0.602. The van der Waals surface area contributed by atoms with E-state index >= 15 is 0 Å². The molecular weight excluding hydrogens is 242 g/mol. The number of aromatic nitrogens is 1. The average molecular weight is 269 g/mol. The lowest BCUT2D eigenvalue weighted by Gasteiger charge is -2.27. The smallest absolute Gasteiger partial charge is 0.0798 e. The lowest BCUT2D eigenvalue weighted by molar-refractivity contribution is 0.221. The fourth-order valence-electron chi connectivity index (χ4n) is 1.98. The van der Waals surface area contributed by atoms with Crippen LogP contribution >= 0.6 is 11.3 Å². The zero-order valence-corrected chi connectivity index (χ0v) is 13.2. The van der Waals surface area contributed by atoms with Gasteiger partial charge in [-0.3, -0.25) is 4.90 Å². The van der Waals surface area contributed by atoms with Crippen molar-refractivity contribution < 1.29 is 0 Å². The first-order chi connectivity index (χ1) is 8.54. The van der Waals surface area contributed by atoms with Crippen LogP contribution in [-0.4, -0.2) is 36.1 Å². The summed E-state index contributed by atoms with van der Waals surface area (Å²) in [5.41, 5.74) is 3.12. The molecule has 0 aliphatic heterocycles. The summed E-state index contributed by atoms with van der Waals surface area (Å²) in [6.07, 6.45) is 1.18. The van der Waals surface area contributed by atoms with Gasteiger partial charge in [-0.05, 0) is 32.9 Å². The van der Waals surface area contributed by atoms with Crippen molar-refractivity contribution in [1.29, 1.82) is 0 Å². The first-order valence-electron chi connectivity index (χ1n) is 6.84. The molecule has 3 nitrogen and oxygen atoms in total. The largest absolute Gasteiger partial charge is 0.315 e. The van der Waals surface area contributed by atoms with Gasteiger partial charge in [0.15, 0.2) is 0 Å². The molecule has 0 saturated heterocycles. The highest BCUT2D eigenvalue weighted by Crippen LogP contribution is 2.16. The van der Waals surface area contributed by atoms with Gasteiger partial charge < -0.3 is 5.32 Å². The van der Waals surface area contributed by atoms with Crippen molar-refractivity contribution in [2.75, 3.05) is 20.1 Å². The maximum atomic E-state index is 4.32. The van der Waals surface area contributed by atoms with E-state index in [1.54, 1.807) is 11.3 Å². The van der Waals surface area contributed by atoms with Gasteiger partial charge in [0.05, 0.1) is 11.2 Å². The van der Waals surface area contributed by atoms with E-state index in [9.17, 15) is 0 Å². The Labute approximate surface area is 116 Å². The monoisotopic (exact) mass is 269 g/mol. The van der Waals surface area contributed by atoms with E-state index in [4.69, 9.17) is 0 Å². The van der Waals surface area contributed by atoms with E-state index in [1.807, 2.05) is 5.51 Å². The molecule has 0 bridgehead atoms. The predicted molar refractivity (Wildman–Crippen MR) is 80.1 cm³/mol. The summed E-state index contributed by atoms with van der Waals surface area (Å²) >= 11 is 1.76. The van der Waals surface area contributed by atoms with Gasteiger partial charge in [-0.2, -0.15) is 0 Å². The van der Waals surface area contributed by atoms with Gasteiger partial charge in [0, 0.05) is 24.0 Å². The number of likely N-dealkylation sites (N-methyl/N-ethyl adjacent to an activating group) is 1. The Balaban J connectivity index is 2.42. The molecule has 1 atom stereocenters. The molecule has 0 aliphatic carbocycles. The van der Waals surface area contributed by atoms with Gasteiger partial charge in [-0.25, -0.2) is 4.98 Å². The summed E-state index contributed by atoms with van der Waals surface area (Å²) in [4.78, 5) is 8.14. The van der Waals surface area contributed by atoms with E-state index in [1.165, 1.54) is 17.0 Å². The Morgan fingerprint density at radius 2 is 2.11 bits per heavy atom. The number of thiazole rings is 1. The summed E-state index contributed by atoms with van der Waals surface area (Å²) in [7, 11) is 2.21. The number of rotatable bonds is 8. The molecule has 0 spiro atoms. The molecule has 0 fully saturated rings. The summed E-state index contributed by atoms with van der Waals surface area (Å²) < 4.78 is 0. The van der Waals surface area contributed by atoms with Crippen LogP contribution < -0.4 is 5.32 Å². The predicted octanol–water partition coefficient (Wildman–Crippen LogP) is 2.91. The highest BCUT2D eigenvalue weighted by atomic mass is 32.1. The molecule has 1 aromatic heterocycles. The molecule has 1 N–H and O–H groups in total. The minimum atomic E-state index is 0.602. The van der Waals surface area contributed by atoms with Crippen LogP contribution in [0, 0.1) is 12.8 Å². The number of nitrogens with one attached hydrogen (secondary N) is 1. The molecule has 0 aliphatic rings. The molecule has 0 radical (unpaired) electrons. The maximum absolute atomic E-state index is 4.32. The minimum absolute atomic E-state index is 0.602. The van der Waals surface area contributed by atoms with Crippen LogP contribution in [-0.2, 0) is 6.54 Å². The Bertz CT molecular complexity index is 336. The average Bonchev–Trinajstić information content (AvgIpc) is 2.70. The van der Waals surface area contributed by atoms with Crippen molar-refractivity contribution >= 4 is 11.3 Å². The molecule has 104 valence electrons. The van der Waals surface area contributed by atoms with Crippen molar-refractivity contribution in [3.8, 4) is 0 Å². The van der Waals surface area contributed by atoms with Crippen molar-refractivity contribution in [1.82, 2.24) is 15.2 Å². The van der Waals surface area contributed by atoms with E-state index in [0.29, 0.717) is 6.04 Å². The fraction of sp³-hybridized carbons (Fsp3) is 0.786. The van der Waals surface area contributed by atoms with E-state index < -0.39 is 0 Å². The molecule has 0 aromatic carbocycles. The van der Waals surface area contributed by atoms with Crippen LogP contribution in [0.1, 0.15) is 37.8 Å². The van der Waals surface area contributed by atoms with Gasteiger partial charge in [-0.15, -0.1) is 11.3 Å². The number of aryl methyl sites for hydroxylation is 1. The normalized spacial score (nSPS) is 13.5. The molecule has 1 unspecified atom stereocenters. The maximum Gasteiger partial charge on any atom is 0.0798 e. The Morgan fingerprint density at radius 1 is 1.39 bits per heavy atom. The molecule has 1 heterocycles. The van der Waals surface area contributed by atoms with Crippen LogP contribution in [0.15, 0.2) is 5.51 Å². The van der Waals surface area contributed by atoms with E-state index in [0.717, 1.165) is 25.6 Å². The molecular formula is C14H27N3S. The third-order valence-corrected chi connectivity index (χ3v) is 4.18. The lowest BCUT2D eigenvalue weighted by Crippen LogP contribution is -2.40. The molecule has 1 aromatic rings. The topological polar surface area (TPSA) is 28.2 Å². The van der Waals surface area contributed by atoms with Crippen LogP contribution in [0.4, 0.5) is 0 Å². The first kappa shape index (κ1) is 15.6. The molecule has 0 saturated carbocycles. The SMILES string of the molecule is CCC(CNCC(C)C)N(C)Cc1scnc1C.